The zero-order chi connectivity index (χ0) is 15.1. The quantitative estimate of drug-likeness (QED) is 0.678. The van der Waals surface area contributed by atoms with E-state index in [2.05, 4.69) is 10.5 Å². The molecule has 0 aliphatic carbocycles. The van der Waals surface area contributed by atoms with Crippen molar-refractivity contribution >= 4 is 11.6 Å². The Hall–Kier alpha value is -2.69. The average molecular weight is 286 g/mol. The van der Waals surface area contributed by atoms with Gasteiger partial charge >= 0.3 is 0 Å². The molecule has 0 atom stereocenters. The van der Waals surface area contributed by atoms with E-state index in [0.29, 0.717) is 11.5 Å². The van der Waals surface area contributed by atoms with Gasteiger partial charge in [-0.2, -0.15) is 5.10 Å². The molecule has 0 aliphatic heterocycles. The van der Waals surface area contributed by atoms with Gasteiger partial charge in [-0.15, -0.1) is 0 Å². The molecule has 5 heteroatoms. The van der Waals surface area contributed by atoms with E-state index in [9.17, 15) is 9.18 Å². The SMILES string of the molecule is C/C(=N/NC(=O)COc1cccc(F)c1)c1ccccc1. The van der Waals surface area contributed by atoms with Crippen molar-refractivity contribution in [3.05, 3.63) is 66.0 Å². The number of nitrogens with one attached hydrogen (secondary N) is 1. The number of ether oxygens (including phenoxy) is 1. The number of hydrogen-bond acceptors (Lipinski definition) is 3. The van der Waals surface area contributed by atoms with Crippen LogP contribution in [0.1, 0.15) is 12.5 Å². The molecule has 1 amide bonds. The molecular formula is C16H15FN2O2. The van der Waals surface area contributed by atoms with Gasteiger partial charge in [0.25, 0.3) is 5.91 Å². The van der Waals surface area contributed by atoms with Crippen molar-refractivity contribution in [3.8, 4) is 5.75 Å². The third-order valence-corrected chi connectivity index (χ3v) is 2.71. The molecule has 0 aromatic heterocycles. The Morgan fingerprint density at radius 2 is 1.95 bits per heavy atom. The number of nitrogens with zero attached hydrogens (tertiary/aromatic N) is 1. The first kappa shape index (κ1) is 14.7. The summed E-state index contributed by atoms with van der Waals surface area (Å²) in [6, 6.07) is 15.1. The number of carbonyl (C=O) groups excluding carboxylic acids is 1. The molecular weight excluding hydrogens is 271 g/mol. The highest BCUT2D eigenvalue weighted by molar-refractivity contribution is 5.99. The fourth-order valence-corrected chi connectivity index (χ4v) is 1.63. The second kappa shape index (κ2) is 7.19. The van der Waals surface area contributed by atoms with E-state index in [1.807, 2.05) is 30.3 Å². The summed E-state index contributed by atoms with van der Waals surface area (Å²) in [4.78, 5) is 11.6. The first-order valence-corrected chi connectivity index (χ1v) is 6.42. The minimum Gasteiger partial charge on any atom is -0.484 e. The maximum absolute atomic E-state index is 12.9. The molecule has 0 aliphatic rings. The van der Waals surface area contributed by atoms with Crippen molar-refractivity contribution in [3.63, 3.8) is 0 Å². The highest BCUT2D eigenvalue weighted by Crippen LogP contribution is 2.11. The molecule has 4 nitrogen and oxygen atoms in total. The highest BCUT2D eigenvalue weighted by Gasteiger charge is 2.03. The number of amides is 1. The van der Waals surface area contributed by atoms with Crippen molar-refractivity contribution in [2.45, 2.75) is 6.92 Å². The molecule has 0 unspecified atom stereocenters. The predicted octanol–water partition coefficient (Wildman–Crippen LogP) is 2.74. The van der Waals surface area contributed by atoms with Gasteiger partial charge in [-0.25, -0.2) is 9.82 Å². The van der Waals surface area contributed by atoms with Crippen LogP contribution in [-0.4, -0.2) is 18.2 Å². The van der Waals surface area contributed by atoms with Gasteiger partial charge < -0.3 is 4.74 Å². The normalized spacial score (nSPS) is 11.0. The number of hydrazone groups is 1. The van der Waals surface area contributed by atoms with Crippen molar-refractivity contribution in [1.29, 1.82) is 0 Å². The Kier molecular flexibility index (Phi) is 5.04. The Morgan fingerprint density at radius 1 is 1.19 bits per heavy atom. The number of hydrogen-bond donors (Lipinski definition) is 1. The monoisotopic (exact) mass is 286 g/mol. The van der Waals surface area contributed by atoms with Gasteiger partial charge in [-0.1, -0.05) is 36.4 Å². The number of carbonyl (C=O) groups is 1. The Labute approximate surface area is 122 Å². The van der Waals surface area contributed by atoms with Crippen LogP contribution >= 0.6 is 0 Å². The van der Waals surface area contributed by atoms with Gasteiger partial charge in [0.05, 0.1) is 5.71 Å². The van der Waals surface area contributed by atoms with Crippen molar-refractivity contribution in [1.82, 2.24) is 5.43 Å². The minimum absolute atomic E-state index is 0.227. The van der Waals surface area contributed by atoms with Gasteiger partial charge in [0.1, 0.15) is 11.6 Å². The molecule has 0 bridgehead atoms. The van der Waals surface area contributed by atoms with Crippen LogP contribution in [0.5, 0.6) is 5.75 Å². The van der Waals surface area contributed by atoms with Crippen molar-refractivity contribution < 1.29 is 13.9 Å². The largest absolute Gasteiger partial charge is 0.484 e. The van der Waals surface area contributed by atoms with E-state index in [-0.39, 0.29) is 6.61 Å². The standard InChI is InChI=1S/C16H15FN2O2/c1-12(13-6-3-2-4-7-13)18-19-16(20)11-21-15-9-5-8-14(17)10-15/h2-10H,11H2,1H3,(H,19,20)/b18-12-. The molecule has 108 valence electrons. The fraction of sp³-hybridized carbons (Fsp3) is 0.125. The molecule has 2 rings (SSSR count). The molecule has 2 aromatic rings. The summed E-state index contributed by atoms with van der Waals surface area (Å²) >= 11 is 0. The van der Waals surface area contributed by atoms with Crippen LogP contribution in [0.25, 0.3) is 0 Å². The van der Waals surface area contributed by atoms with E-state index in [4.69, 9.17) is 4.74 Å². The summed E-state index contributed by atoms with van der Waals surface area (Å²) in [6.07, 6.45) is 0. The molecule has 2 aromatic carbocycles. The lowest BCUT2D eigenvalue weighted by Gasteiger charge is -2.05. The summed E-state index contributed by atoms with van der Waals surface area (Å²) < 4.78 is 18.1. The van der Waals surface area contributed by atoms with Crippen LogP contribution in [-0.2, 0) is 4.79 Å². The van der Waals surface area contributed by atoms with E-state index >= 15 is 0 Å². The number of halogens is 1. The van der Waals surface area contributed by atoms with E-state index in [1.165, 1.54) is 18.2 Å². The molecule has 21 heavy (non-hydrogen) atoms. The smallest absolute Gasteiger partial charge is 0.277 e. The van der Waals surface area contributed by atoms with Gasteiger partial charge in [0.15, 0.2) is 6.61 Å². The maximum atomic E-state index is 12.9. The van der Waals surface area contributed by atoms with Gasteiger partial charge in [-0.05, 0) is 24.6 Å². The molecule has 0 radical (unpaired) electrons. The first-order valence-electron chi connectivity index (χ1n) is 6.42. The predicted molar refractivity (Wildman–Crippen MR) is 78.7 cm³/mol. The highest BCUT2D eigenvalue weighted by atomic mass is 19.1. The Bertz CT molecular complexity index is 642. The molecule has 0 saturated heterocycles. The summed E-state index contributed by atoms with van der Waals surface area (Å²) in [6.45, 7) is 1.57. The molecule has 1 N–H and O–H groups in total. The maximum Gasteiger partial charge on any atom is 0.277 e. The Balaban J connectivity index is 1.85. The average Bonchev–Trinajstić information content (AvgIpc) is 2.51. The molecule has 0 saturated carbocycles. The van der Waals surface area contributed by atoms with E-state index in [0.717, 1.165) is 5.56 Å². The molecule has 0 fully saturated rings. The third kappa shape index (κ3) is 4.72. The summed E-state index contributed by atoms with van der Waals surface area (Å²) in [5.41, 5.74) is 4.01. The number of benzene rings is 2. The van der Waals surface area contributed by atoms with Gasteiger partial charge in [-0.3, -0.25) is 4.79 Å². The zero-order valence-electron chi connectivity index (χ0n) is 11.5. The zero-order valence-corrected chi connectivity index (χ0v) is 11.5. The minimum atomic E-state index is -0.411. The van der Waals surface area contributed by atoms with E-state index in [1.54, 1.807) is 13.0 Å². The van der Waals surface area contributed by atoms with Crippen molar-refractivity contribution in [2.75, 3.05) is 6.61 Å². The van der Waals surface area contributed by atoms with Crippen LogP contribution in [0.15, 0.2) is 59.7 Å². The Morgan fingerprint density at radius 3 is 2.67 bits per heavy atom. The van der Waals surface area contributed by atoms with Crippen molar-refractivity contribution in [2.24, 2.45) is 5.10 Å². The molecule has 0 heterocycles. The lowest BCUT2D eigenvalue weighted by atomic mass is 10.1. The van der Waals surface area contributed by atoms with E-state index < -0.39 is 11.7 Å². The summed E-state index contributed by atoms with van der Waals surface area (Å²) in [5.74, 6) is -0.519. The second-order valence-electron chi connectivity index (χ2n) is 4.34. The second-order valence-corrected chi connectivity index (χ2v) is 4.34. The van der Waals surface area contributed by atoms with Crippen LogP contribution in [0.4, 0.5) is 4.39 Å². The topological polar surface area (TPSA) is 50.7 Å². The number of rotatable bonds is 5. The summed E-state index contributed by atoms with van der Waals surface area (Å²) in [7, 11) is 0. The lowest BCUT2D eigenvalue weighted by molar-refractivity contribution is -0.123. The summed E-state index contributed by atoms with van der Waals surface area (Å²) in [5, 5.41) is 3.99. The van der Waals surface area contributed by atoms with Crippen LogP contribution in [0, 0.1) is 5.82 Å². The van der Waals surface area contributed by atoms with Gasteiger partial charge in [0, 0.05) is 6.07 Å². The van der Waals surface area contributed by atoms with Crippen LogP contribution in [0.2, 0.25) is 0 Å². The lowest BCUT2D eigenvalue weighted by Crippen LogP contribution is -2.25. The van der Waals surface area contributed by atoms with Crippen LogP contribution < -0.4 is 10.2 Å². The van der Waals surface area contributed by atoms with Gasteiger partial charge in [0.2, 0.25) is 0 Å². The van der Waals surface area contributed by atoms with Crippen LogP contribution in [0.3, 0.4) is 0 Å². The third-order valence-electron chi connectivity index (χ3n) is 2.71. The fourth-order valence-electron chi connectivity index (χ4n) is 1.63. The first-order chi connectivity index (χ1) is 10.1. The molecule has 0 spiro atoms.